The second-order valence-electron chi connectivity index (χ2n) is 20.9. The zero-order valence-corrected chi connectivity index (χ0v) is 48.4. The zero-order valence-electron chi connectivity index (χ0n) is 48.4. The summed E-state index contributed by atoms with van der Waals surface area (Å²) in [5.41, 5.74) is 0. The van der Waals surface area contributed by atoms with Gasteiger partial charge in [-0.05, 0) is 89.9 Å². The average molecular weight is 1020 g/mol. The van der Waals surface area contributed by atoms with E-state index in [4.69, 9.17) is 14.2 Å². The Morgan fingerprint density at radius 2 is 0.534 bits per heavy atom. The van der Waals surface area contributed by atoms with Gasteiger partial charge in [0.2, 0.25) is 0 Å². The predicted octanol–water partition coefficient (Wildman–Crippen LogP) is 21.3. The Balaban J connectivity index is 4.42. The SMILES string of the molecule is CC/C=C\C/C=C\C/C=C\C/C=C\C/C=C\CCCCCC(=O)OCC(COC(=O)CCCCCCCCCCCCCCCCCCC)OC(=O)CCCCCCCCCCC/C=C\CCCCCCCC. The van der Waals surface area contributed by atoms with Crippen molar-refractivity contribution in [3.05, 3.63) is 72.9 Å². The van der Waals surface area contributed by atoms with E-state index in [-0.39, 0.29) is 31.1 Å². The molecule has 0 rings (SSSR count). The van der Waals surface area contributed by atoms with Crippen molar-refractivity contribution in [1.82, 2.24) is 0 Å². The second kappa shape index (κ2) is 61.4. The van der Waals surface area contributed by atoms with Gasteiger partial charge in [-0.25, -0.2) is 0 Å². The van der Waals surface area contributed by atoms with Gasteiger partial charge in [0.25, 0.3) is 0 Å². The molecule has 1 atom stereocenters. The van der Waals surface area contributed by atoms with Crippen LogP contribution in [0.1, 0.15) is 316 Å². The van der Waals surface area contributed by atoms with Crippen molar-refractivity contribution in [2.24, 2.45) is 0 Å². The predicted molar refractivity (Wildman–Crippen MR) is 316 cm³/mol. The van der Waals surface area contributed by atoms with Crippen LogP contribution in [0.5, 0.6) is 0 Å². The maximum absolute atomic E-state index is 12.9. The highest BCUT2D eigenvalue weighted by atomic mass is 16.6. The molecule has 0 aromatic rings. The lowest BCUT2D eigenvalue weighted by molar-refractivity contribution is -0.167. The molecular weight excluding hydrogens is 901 g/mol. The lowest BCUT2D eigenvalue weighted by Gasteiger charge is -2.18. The fourth-order valence-corrected chi connectivity index (χ4v) is 9.00. The molecule has 0 fully saturated rings. The van der Waals surface area contributed by atoms with Crippen molar-refractivity contribution in [3.8, 4) is 0 Å². The van der Waals surface area contributed by atoms with Gasteiger partial charge >= 0.3 is 17.9 Å². The van der Waals surface area contributed by atoms with E-state index in [0.717, 1.165) is 96.3 Å². The Hall–Kier alpha value is -3.15. The quantitative estimate of drug-likeness (QED) is 0.0261. The molecule has 0 aromatic heterocycles. The van der Waals surface area contributed by atoms with Gasteiger partial charge < -0.3 is 14.2 Å². The highest BCUT2D eigenvalue weighted by Gasteiger charge is 2.19. The molecule has 6 nitrogen and oxygen atoms in total. The molecule has 0 radical (unpaired) electrons. The summed E-state index contributed by atoms with van der Waals surface area (Å²) in [7, 11) is 0. The number of rotatable bonds is 57. The van der Waals surface area contributed by atoms with E-state index in [2.05, 4.69) is 93.7 Å². The molecule has 0 heterocycles. The Morgan fingerprint density at radius 1 is 0.288 bits per heavy atom. The van der Waals surface area contributed by atoms with Crippen LogP contribution in [0.25, 0.3) is 0 Å². The first-order valence-corrected chi connectivity index (χ1v) is 31.4. The Morgan fingerprint density at radius 3 is 0.863 bits per heavy atom. The number of hydrogen-bond donors (Lipinski definition) is 0. The molecule has 0 aliphatic carbocycles. The minimum Gasteiger partial charge on any atom is -0.462 e. The molecular formula is C67H118O6. The molecule has 73 heavy (non-hydrogen) atoms. The summed E-state index contributed by atoms with van der Waals surface area (Å²) in [5.74, 6) is -0.904. The van der Waals surface area contributed by atoms with Crippen LogP contribution in [0.15, 0.2) is 72.9 Å². The highest BCUT2D eigenvalue weighted by molar-refractivity contribution is 5.71. The number of carbonyl (C=O) groups excluding carboxylic acids is 3. The van der Waals surface area contributed by atoms with E-state index in [1.54, 1.807) is 0 Å². The van der Waals surface area contributed by atoms with Gasteiger partial charge in [-0.2, -0.15) is 0 Å². The van der Waals surface area contributed by atoms with Crippen molar-refractivity contribution in [2.45, 2.75) is 322 Å². The number of carbonyl (C=O) groups is 3. The van der Waals surface area contributed by atoms with Crippen molar-refractivity contribution < 1.29 is 28.6 Å². The highest BCUT2D eigenvalue weighted by Crippen LogP contribution is 2.17. The molecule has 0 aliphatic heterocycles. The summed E-state index contributed by atoms with van der Waals surface area (Å²) in [6, 6.07) is 0. The third-order valence-electron chi connectivity index (χ3n) is 13.7. The molecule has 422 valence electrons. The van der Waals surface area contributed by atoms with Crippen LogP contribution in [0.2, 0.25) is 0 Å². The first kappa shape index (κ1) is 69.8. The number of ether oxygens (including phenoxy) is 3. The molecule has 0 aromatic carbocycles. The third-order valence-corrected chi connectivity index (χ3v) is 13.7. The van der Waals surface area contributed by atoms with Gasteiger partial charge in [0.15, 0.2) is 6.10 Å². The van der Waals surface area contributed by atoms with Gasteiger partial charge in [0, 0.05) is 19.3 Å². The standard InChI is InChI=1S/C67H118O6/c1-4-7-10-13-16-19-22-25-28-31-33-36-39-42-45-48-51-54-57-60-66(69)72-63-64(62-71-65(68)59-56-53-50-47-44-41-38-35-30-27-24-21-18-15-12-9-6-3)73-67(70)61-58-55-52-49-46-43-40-37-34-32-29-26-23-20-17-14-11-8-5-2/h7,10,16,19,25-26,28-29,33,36,42,45,64H,4-6,8-9,11-15,17-18,20-24,27,30-32,34-35,37-41,43-44,46-63H2,1-3H3/b10-7-,19-16-,28-25-,29-26-,36-33-,45-42-. The van der Waals surface area contributed by atoms with Crippen LogP contribution in [0.3, 0.4) is 0 Å². The van der Waals surface area contributed by atoms with Crippen LogP contribution in [0.4, 0.5) is 0 Å². The van der Waals surface area contributed by atoms with E-state index < -0.39 is 6.10 Å². The summed E-state index contributed by atoms with van der Waals surface area (Å²) in [4.78, 5) is 38.3. The molecule has 0 bridgehead atoms. The molecule has 0 amide bonds. The molecule has 6 heteroatoms. The lowest BCUT2D eigenvalue weighted by Crippen LogP contribution is -2.30. The number of hydrogen-bond acceptors (Lipinski definition) is 6. The fourth-order valence-electron chi connectivity index (χ4n) is 9.00. The van der Waals surface area contributed by atoms with Crippen molar-refractivity contribution >= 4 is 17.9 Å². The molecule has 0 aliphatic rings. The van der Waals surface area contributed by atoms with Gasteiger partial charge in [0.1, 0.15) is 13.2 Å². The maximum Gasteiger partial charge on any atom is 0.306 e. The van der Waals surface area contributed by atoms with Crippen molar-refractivity contribution in [3.63, 3.8) is 0 Å². The van der Waals surface area contributed by atoms with Gasteiger partial charge in [-0.1, -0.05) is 280 Å². The summed E-state index contributed by atoms with van der Waals surface area (Å²) < 4.78 is 16.9. The Bertz CT molecular complexity index is 1360. The number of allylic oxidation sites excluding steroid dienone is 12. The minimum atomic E-state index is -0.790. The molecule has 0 spiro atoms. The van der Waals surface area contributed by atoms with Crippen LogP contribution < -0.4 is 0 Å². The molecule has 0 N–H and O–H groups in total. The Labute approximate surface area is 453 Å². The molecule has 0 saturated carbocycles. The van der Waals surface area contributed by atoms with Gasteiger partial charge in [-0.3, -0.25) is 14.4 Å². The van der Waals surface area contributed by atoms with Gasteiger partial charge in [0.05, 0.1) is 0 Å². The van der Waals surface area contributed by atoms with Crippen LogP contribution in [0, 0.1) is 0 Å². The molecule has 1 unspecified atom stereocenters. The van der Waals surface area contributed by atoms with E-state index in [1.807, 2.05) is 0 Å². The number of unbranched alkanes of at least 4 members (excludes halogenated alkanes) is 34. The number of esters is 3. The summed E-state index contributed by atoms with van der Waals surface area (Å²) in [6.07, 6.45) is 79.0. The van der Waals surface area contributed by atoms with Gasteiger partial charge in [-0.15, -0.1) is 0 Å². The van der Waals surface area contributed by atoms with E-state index in [0.29, 0.717) is 19.3 Å². The molecule has 0 saturated heterocycles. The minimum absolute atomic E-state index is 0.0838. The largest absolute Gasteiger partial charge is 0.462 e. The smallest absolute Gasteiger partial charge is 0.306 e. The summed E-state index contributed by atoms with van der Waals surface area (Å²) in [6.45, 7) is 6.54. The fraction of sp³-hybridized carbons (Fsp3) is 0.776. The van der Waals surface area contributed by atoms with Crippen LogP contribution >= 0.6 is 0 Å². The maximum atomic E-state index is 12.9. The third kappa shape index (κ3) is 59.6. The van der Waals surface area contributed by atoms with Crippen LogP contribution in [-0.2, 0) is 28.6 Å². The first-order valence-electron chi connectivity index (χ1n) is 31.4. The van der Waals surface area contributed by atoms with Crippen molar-refractivity contribution in [2.75, 3.05) is 13.2 Å². The van der Waals surface area contributed by atoms with Crippen molar-refractivity contribution in [1.29, 1.82) is 0 Å². The average Bonchev–Trinajstić information content (AvgIpc) is 3.39. The van der Waals surface area contributed by atoms with E-state index in [1.165, 1.54) is 180 Å². The summed E-state index contributed by atoms with van der Waals surface area (Å²) >= 11 is 0. The van der Waals surface area contributed by atoms with E-state index >= 15 is 0 Å². The normalized spacial score (nSPS) is 12.5. The second-order valence-corrected chi connectivity index (χ2v) is 20.9. The summed E-state index contributed by atoms with van der Waals surface area (Å²) in [5, 5.41) is 0. The monoisotopic (exact) mass is 1020 g/mol. The van der Waals surface area contributed by atoms with Crippen LogP contribution in [-0.4, -0.2) is 37.2 Å². The lowest BCUT2D eigenvalue weighted by atomic mass is 10.0. The van der Waals surface area contributed by atoms with E-state index in [9.17, 15) is 14.4 Å². The first-order chi connectivity index (χ1) is 36.0. The topological polar surface area (TPSA) is 78.9 Å². The zero-order chi connectivity index (χ0) is 52.9. The Kier molecular flexibility index (Phi) is 58.7.